The molecule has 2 amide bonds. The maximum absolute atomic E-state index is 12.7. The topological polar surface area (TPSA) is 123 Å². The number of hydrogen-bond donors (Lipinski definition) is 2. The third-order valence-corrected chi connectivity index (χ3v) is 7.46. The number of nitrogens with one attached hydrogen (secondary N) is 2. The molecule has 0 bridgehead atoms. The van der Waals surface area contributed by atoms with Crippen LogP contribution in [-0.2, 0) is 27.2 Å². The van der Waals surface area contributed by atoms with Crippen LogP contribution in [0.5, 0.6) is 5.75 Å². The van der Waals surface area contributed by atoms with Crippen molar-refractivity contribution < 1.29 is 28.7 Å². The number of carbonyl (C=O) groups is 4. The van der Waals surface area contributed by atoms with E-state index in [-0.39, 0.29) is 12.4 Å². The number of hydrogen-bond acceptors (Lipinski definition) is 8. The first-order valence-corrected chi connectivity index (χ1v) is 13.5. The zero-order chi connectivity index (χ0) is 27.9. The second-order valence-corrected chi connectivity index (χ2v) is 10.0. The van der Waals surface area contributed by atoms with Crippen molar-refractivity contribution >= 4 is 45.8 Å². The Morgan fingerprint density at radius 1 is 0.923 bits per heavy atom. The van der Waals surface area contributed by atoms with E-state index >= 15 is 0 Å². The Bertz CT molecular complexity index is 1460. The Morgan fingerprint density at radius 2 is 1.62 bits per heavy atom. The number of nitrogens with zero attached hydrogens (tertiary/aromatic N) is 1. The van der Waals surface area contributed by atoms with Gasteiger partial charge in [0.15, 0.2) is 0 Å². The van der Waals surface area contributed by atoms with Crippen molar-refractivity contribution in [2.24, 2.45) is 5.10 Å². The predicted molar refractivity (Wildman–Crippen MR) is 148 cm³/mol. The Balaban J connectivity index is 1.47. The molecule has 0 saturated carbocycles. The number of anilines is 1. The van der Waals surface area contributed by atoms with Gasteiger partial charge in [0.1, 0.15) is 10.8 Å². The highest BCUT2D eigenvalue weighted by Crippen LogP contribution is 2.38. The summed E-state index contributed by atoms with van der Waals surface area (Å²) in [5.41, 5.74) is 5.45. The smallest absolute Gasteiger partial charge is 0.343 e. The van der Waals surface area contributed by atoms with Gasteiger partial charge in [-0.15, -0.1) is 11.3 Å². The maximum atomic E-state index is 12.7. The first kappa shape index (κ1) is 27.7. The van der Waals surface area contributed by atoms with Crippen molar-refractivity contribution in [2.45, 2.75) is 46.5 Å². The van der Waals surface area contributed by atoms with E-state index in [0.29, 0.717) is 27.4 Å². The summed E-state index contributed by atoms with van der Waals surface area (Å²) in [6.07, 6.45) is 3.48. The number of thiophene rings is 1. The molecule has 0 aliphatic heterocycles. The van der Waals surface area contributed by atoms with Gasteiger partial charge in [0.25, 0.3) is 0 Å². The zero-order valence-electron chi connectivity index (χ0n) is 22.0. The molecular formula is C29H29N3O6S. The van der Waals surface area contributed by atoms with Gasteiger partial charge in [-0.2, -0.15) is 5.10 Å². The number of esters is 2. The minimum Gasteiger partial charge on any atom is -0.462 e. The molecule has 2 N–H and O–H groups in total. The lowest BCUT2D eigenvalue weighted by molar-refractivity contribution is -0.136. The Morgan fingerprint density at radius 3 is 2.36 bits per heavy atom. The van der Waals surface area contributed by atoms with E-state index in [2.05, 4.69) is 15.8 Å². The highest BCUT2D eigenvalue weighted by molar-refractivity contribution is 7.17. The Hall–Kier alpha value is -4.31. The minimum absolute atomic E-state index is 0.201. The lowest BCUT2D eigenvalue weighted by Crippen LogP contribution is -2.33. The van der Waals surface area contributed by atoms with Crippen molar-refractivity contribution in [1.29, 1.82) is 0 Å². The standard InChI is InChI=1S/C29H29N3O6S/c1-4-37-29(36)24-21-14-8-10-16-23(21)39-27(24)30-25(33)26(34)32-31-18(3)20-13-7-9-15-22(20)38-28(35)19-12-6-5-11-17(19)2/h5-7,9,11-13,15H,4,8,10,14,16H2,1-3H3,(H,30,33)(H,32,34). The van der Waals surface area contributed by atoms with E-state index < -0.39 is 23.8 Å². The number of ether oxygens (including phenoxy) is 2. The molecule has 0 unspecified atom stereocenters. The maximum Gasteiger partial charge on any atom is 0.343 e. The van der Waals surface area contributed by atoms with Gasteiger partial charge in [0.2, 0.25) is 0 Å². The third-order valence-electron chi connectivity index (χ3n) is 6.25. The summed E-state index contributed by atoms with van der Waals surface area (Å²) >= 11 is 1.29. The van der Waals surface area contributed by atoms with Gasteiger partial charge in [0, 0.05) is 10.4 Å². The van der Waals surface area contributed by atoms with Gasteiger partial charge in [-0.25, -0.2) is 15.0 Å². The molecule has 2 aromatic carbocycles. The second-order valence-electron chi connectivity index (χ2n) is 8.93. The molecule has 4 rings (SSSR count). The highest BCUT2D eigenvalue weighted by Gasteiger charge is 2.28. The molecule has 10 heteroatoms. The van der Waals surface area contributed by atoms with E-state index in [1.807, 2.05) is 19.1 Å². The van der Waals surface area contributed by atoms with Gasteiger partial charge in [0.05, 0.1) is 23.4 Å². The van der Waals surface area contributed by atoms with E-state index in [9.17, 15) is 19.2 Å². The van der Waals surface area contributed by atoms with E-state index in [0.717, 1.165) is 41.7 Å². The molecule has 3 aromatic rings. The summed E-state index contributed by atoms with van der Waals surface area (Å²) in [5, 5.41) is 6.90. The molecule has 39 heavy (non-hydrogen) atoms. The van der Waals surface area contributed by atoms with Crippen molar-refractivity contribution in [3.8, 4) is 5.75 Å². The first-order valence-electron chi connectivity index (χ1n) is 12.6. The fourth-order valence-corrected chi connectivity index (χ4v) is 5.56. The summed E-state index contributed by atoms with van der Waals surface area (Å²) in [6.45, 7) is 5.35. The molecule has 0 fully saturated rings. The van der Waals surface area contributed by atoms with Crippen molar-refractivity contribution in [3.63, 3.8) is 0 Å². The number of fused-ring (bicyclic) bond motifs is 1. The quantitative estimate of drug-likeness (QED) is 0.144. The fraction of sp³-hybridized carbons (Fsp3) is 0.276. The predicted octanol–water partition coefficient (Wildman–Crippen LogP) is 4.81. The molecule has 9 nitrogen and oxygen atoms in total. The number of amides is 2. The van der Waals surface area contributed by atoms with Gasteiger partial charge in [-0.1, -0.05) is 30.3 Å². The van der Waals surface area contributed by atoms with Crippen LogP contribution in [0.4, 0.5) is 5.00 Å². The molecule has 0 saturated heterocycles. The summed E-state index contributed by atoms with van der Waals surface area (Å²) < 4.78 is 10.8. The summed E-state index contributed by atoms with van der Waals surface area (Å²) in [4.78, 5) is 51.6. The molecule has 0 atom stereocenters. The number of aryl methyl sites for hydroxylation is 2. The van der Waals surface area contributed by atoms with Crippen LogP contribution in [0.15, 0.2) is 53.6 Å². The SMILES string of the molecule is CCOC(=O)c1c(NC(=O)C(=O)NN=C(C)c2ccccc2OC(=O)c2ccccc2C)sc2c1CCCC2. The molecule has 0 radical (unpaired) electrons. The Labute approximate surface area is 230 Å². The van der Waals surface area contributed by atoms with Crippen LogP contribution < -0.4 is 15.5 Å². The minimum atomic E-state index is -1.01. The second kappa shape index (κ2) is 12.5. The monoisotopic (exact) mass is 547 g/mol. The lowest BCUT2D eigenvalue weighted by Gasteiger charge is -2.12. The van der Waals surface area contributed by atoms with Crippen molar-refractivity contribution in [2.75, 3.05) is 11.9 Å². The first-order chi connectivity index (χ1) is 18.8. The number of hydrazone groups is 1. The van der Waals surface area contributed by atoms with Crippen LogP contribution in [0.2, 0.25) is 0 Å². The van der Waals surface area contributed by atoms with Crippen LogP contribution in [-0.4, -0.2) is 36.1 Å². The van der Waals surface area contributed by atoms with E-state index in [1.165, 1.54) is 11.3 Å². The van der Waals surface area contributed by atoms with E-state index in [4.69, 9.17) is 9.47 Å². The summed E-state index contributed by atoms with van der Waals surface area (Å²) in [6, 6.07) is 13.8. The normalized spacial score (nSPS) is 12.7. The molecule has 0 spiro atoms. The van der Waals surface area contributed by atoms with Crippen molar-refractivity contribution in [1.82, 2.24) is 5.43 Å². The lowest BCUT2D eigenvalue weighted by atomic mass is 9.95. The summed E-state index contributed by atoms with van der Waals surface area (Å²) in [7, 11) is 0. The van der Waals surface area contributed by atoms with Gasteiger partial charge in [-0.05, 0) is 75.8 Å². The number of benzene rings is 2. The molecule has 1 aliphatic carbocycles. The van der Waals surface area contributed by atoms with Crippen LogP contribution in [0.25, 0.3) is 0 Å². The van der Waals surface area contributed by atoms with Crippen LogP contribution in [0.1, 0.15) is 69.0 Å². The summed E-state index contributed by atoms with van der Waals surface area (Å²) in [5.74, 6) is -2.75. The highest BCUT2D eigenvalue weighted by atomic mass is 32.1. The van der Waals surface area contributed by atoms with Gasteiger partial charge < -0.3 is 14.8 Å². The Kier molecular flexibility index (Phi) is 8.88. The molecule has 1 heterocycles. The largest absolute Gasteiger partial charge is 0.462 e. The third kappa shape index (κ3) is 6.40. The number of carbonyl (C=O) groups excluding carboxylic acids is 4. The van der Waals surface area contributed by atoms with E-state index in [1.54, 1.807) is 50.2 Å². The zero-order valence-corrected chi connectivity index (χ0v) is 22.8. The molecule has 1 aliphatic rings. The van der Waals surface area contributed by atoms with Gasteiger partial charge in [-0.3, -0.25) is 9.59 Å². The number of para-hydroxylation sites is 1. The molecular weight excluding hydrogens is 518 g/mol. The average Bonchev–Trinajstić information content (AvgIpc) is 3.30. The number of rotatable bonds is 7. The van der Waals surface area contributed by atoms with Crippen LogP contribution in [0.3, 0.4) is 0 Å². The fourth-order valence-electron chi connectivity index (χ4n) is 4.29. The van der Waals surface area contributed by atoms with Crippen LogP contribution >= 0.6 is 11.3 Å². The van der Waals surface area contributed by atoms with Gasteiger partial charge >= 0.3 is 23.8 Å². The molecule has 1 aromatic heterocycles. The molecule has 202 valence electrons. The van der Waals surface area contributed by atoms with Crippen molar-refractivity contribution in [3.05, 3.63) is 81.2 Å². The van der Waals surface area contributed by atoms with Crippen LogP contribution in [0, 0.1) is 6.92 Å². The average molecular weight is 548 g/mol.